The van der Waals surface area contributed by atoms with Gasteiger partial charge < -0.3 is 14.2 Å². The Morgan fingerprint density at radius 2 is 1.55 bits per heavy atom. The Balaban J connectivity index is 2.43. The van der Waals surface area contributed by atoms with E-state index in [1.54, 1.807) is 26.4 Å². The van der Waals surface area contributed by atoms with Gasteiger partial charge in [-0.05, 0) is 35.4 Å². The minimum absolute atomic E-state index is 0.354. The minimum atomic E-state index is -0.354. The Morgan fingerprint density at radius 1 is 0.850 bits per heavy atom. The molecular weight excluding hydrogens is 256 g/mol. The van der Waals surface area contributed by atoms with Crippen molar-refractivity contribution in [2.24, 2.45) is 0 Å². The molecule has 0 saturated heterocycles. The number of carbonyl (C=O) groups is 1. The monoisotopic (exact) mass is 272 g/mol. The lowest BCUT2D eigenvalue weighted by Crippen LogP contribution is -2.00. The van der Waals surface area contributed by atoms with Crippen LogP contribution < -0.4 is 9.47 Å². The lowest BCUT2D eigenvalue weighted by molar-refractivity contribution is 0.0601. The molecule has 0 aliphatic carbocycles. The van der Waals surface area contributed by atoms with Crippen LogP contribution in [0, 0.1) is 0 Å². The smallest absolute Gasteiger partial charge is 0.337 e. The predicted octanol–water partition coefficient (Wildman–Crippen LogP) is 3.16. The summed E-state index contributed by atoms with van der Waals surface area (Å²) in [5.41, 5.74) is 2.36. The molecule has 0 aromatic heterocycles. The van der Waals surface area contributed by atoms with Crippen molar-refractivity contribution in [3.05, 3.63) is 48.0 Å². The highest BCUT2D eigenvalue weighted by Gasteiger charge is 2.09. The Kier molecular flexibility index (Phi) is 4.25. The van der Waals surface area contributed by atoms with E-state index in [1.807, 2.05) is 30.3 Å². The molecule has 0 aliphatic heterocycles. The van der Waals surface area contributed by atoms with Crippen LogP contribution >= 0.6 is 0 Å². The van der Waals surface area contributed by atoms with Gasteiger partial charge in [0.15, 0.2) is 11.5 Å². The van der Waals surface area contributed by atoms with E-state index in [0.717, 1.165) is 11.1 Å². The first-order chi connectivity index (χ1) is 9.69. The van der Waals surface area contributed by atoms with E-state index in [9.17, 15) is 4.79 Å². The third-order valence-electron chi connectivity index (χ3n) is 3.00. The van der Waals surface area contributed by atoms with E-state index in [-0.39, 0.29) is 5.97 Å². The summed E-state index contributed by atoms with van der Waals surface area (Å²) in [6.45, 7) is 0. The molecule has 0 saturated carbocycles. The summed E-state index contributed by atoms with van der Waals surface area (Å²) in [5, 5.41) is 0. The number of methoxy groups -OCH3 is 3. The third kappa shape index (κ3) is 2.74. The Bertz CT molecular complexity index is 620. The van der Waals surface area contributed by atoms with Crippen LogP contribution in [0.5, 0.6) is 11.5 Å². The lowest BCUT2D eigenvalue weighted by atomic mass is 10.0. The number of benzene rings is 2. The van der Waals surface area contributed by atoms with Gasteiger partial charge in [-0.25, -0.2) is 4.79 Å². The van der Waals surface area contributed by atoms with Gasteiger partial charge >= 0.3 is 5.97 Å². The van der Waals surface area contributed by atoms with Crippen LogP contribution in [-0.2, 0) is 4.74 Å². The first kappa shape index (κ1) is 13.9. The number of esters is 1. The average molecular weight is 272 g/mol. The second-order valence-electron chi connectivity index (χ2n) is 4.14. The van der Waals surface area contributed by atoms with Crippen LogP contribution in [0.1, 0.15) is 10.4 Å². The molecule has 0 unspecified atom stereocenters. The molecule has 0 spiro atoms. The highest BCUT2D eigenvalue weighted by Crippen LogP contribution is 2.32. The Morgan fingerprint density at radius 3 is 2.20 bits per heavy atom. The summed E-state index contributed by atoms with van der Waals surface area (Å²) in [5.74, 6) is 0.959. The summed E-state index contributed by atoms with van der Waals surface area (Å²) in [4.78, 5) is 11.6. The lowest BCUT2D eigenvalue weighted by Gasteiger charge is -2.10. The van der Waals surface area contributed by atoms with Gasteiger partial charge in [0.2, 0.25) is 0 Å². The van der Waals surface area contributed by atoms with E-state index in [0.29, 0.717) is 17.1 Å². The molecule has 0 aliphatic rings. The summed E-state index contributed by atoms with van der Waals surface area (Å²) >= 11 is 0. The maximum atomic E-state index is 11.6. The Labute approximate surface area is 117 Å². The fourth-order valence-electron chi connectivity index (χ4n) is 1.96. The van der Waals surface area contributed by atoms with Gasteiger partial charge in [-0.2, -0.15) is 0 Å². The number of rotatable bonds is 4. The summed E-state index contributed by atoms with van der Waals surface area (Å²) in [6.07, 6.45) is 0. The predicted molar refractivity (Wildman–Crippen MR) is 76.3 cm³/mol. The van der Waals surface area contributed by atoms with E-state index < -0.39 is 0 Å². The van der Waals surface area contributed by atoms with Gasteiger partial charge in [0.25, 0.3) is 0 Å². The number of hydrogen-bond acceptors (Lipinski definition) is 4. The SMILES string of the molecule is COC(=O)c1cccc(-c2ccc(OC)c(OC)c2)c1. The van der Waals surface area contributed by atoms with Gasteiger partial charge in [-0.3, -0.25) is 0 Å². The highest BCUT2D eigenvalue weighted by molar-refractivity contribution is 5.91. The second kappa shape index (κ2) is 6.10. The molecule has 0 fully saturated rings. The van der Waals surface area contributed by atoms with Crippen molar-refractivity contribution in [1.82, 2.24) is 0 Å². The zero-order chi connectivity index (χ0) is 14.5. The quantitative estimate of drug-likeness (QED) is 0.802. The van der Waals surface area contributed by atoms with Crippen LogP contribution in [0.3, 0.4) is 0 Å². The molecule has 2 aromatic carbocycles. The van der Waals surface area contributed by atoms with Crippen molar-refractivity contribution in [3.63, 3.8) is 0 Å². The third-order valence-corrected chi connectivity index (χ3v) is 3.00. The standard InChI is InChI=1S/C16H16O4/c1-18-14-8-7-12(10-15(14)19-2)11-5-4-6-13(9-11)16(17)20-3/h4-10H,1-3H3. The summed E-state index contributed by atoms with van der Waals surface area (Å²) in [6, 6.07) is 12.9. The molecule has 4 nitrogen and oxygen atoms in total. The van der Waals surface area contributed by atoms with E-state index in [1.165, 1.54) is 7.11 Å². The van der Waals surface area contributed by atoms with E-state index in [2.05, 4.69) is 0 Å². The molecule has 104 valence electrons. The fourth-order valence-corrected chi connectivity index (χ4v) is 1.96. The first-order valence-corrected chi connectivity index (χ1v) is 6.10. The maximum Gasteiger partial charge on any atom is 0.337 e. The zero-order valence-electron chi connectivity index (χ0n) is 11.7. The molecule has 0 radical (unpaired) electrons. The van der Waals surface area contributed by atoms with Crippen molar-refractivity contribution >= 4 is 5.97 Å². The molecule has 2 rings (SSSR count). The van der Waals surface area contributed by atoms with Gasteiger partial charge in [0.1, 0.15) is 0 Å². The topological polar surface area (TPSA) is 44.8 Å². The second-order valence-corrected chi connectivity index (χ2v) is 4.14. The number of carbonyl (C=O) groups excluding carboxylic acids is 1. The van der Waals surface area contributed by atoms with Crippen molar-refractivity contribution < 1.29 is 19.0 Å². The zero-order valence-corrected chi connectivity index (χ0v) is 11.7. The molecule has 0 bridgehead atoms. The molecule has 0 N–H and O–H groups in total. The molecule has 4 heteroatoms. The van der Waals surface area contributed by atoms with Crippen LogP contribution in [-0.4, -0.2) is 27.3 Å². The van der Waals surface area contributed by atoms with Crippen LogP contribution in [0.2, 0.25) is 0 Å². The van der Waals surface area contributed by atoms with Gasteiger partial charge in [0, 0.05) is 0 Å². The molecule has 20 heavy (non-hydrogen) atoms. The van der Waals surface area contributed by atoms with E-state index >= 15 is 0 Å². The molecular formula is C16H16O4. The van der Waals surface area contributed by atoms with Crippen molar-refractivity contribution in [3.8, 4) is 22.6 Å². The molecule has 0 amide bonds. The first-order valence-electron chi connectivity index (χ1n) is 6.10. The molecule has 2 aromatic rings. The number of ether oxygens (including phenoxy) is 3. The van der Waals surface area contributed by atoms with Gasteiger partial charge in [-0.1, -0.05) is 18.2 Å². The van der Waals surface area contributed by atoms with Crippen LogP contribution in [0.15, 0.2) is 42.5 Å². The number of hydrogen-bond donors (Lipinski definition) is 0. The molecule has 0 heterocycles. The van der Waals surface area contributed by atoms with Crippen LogP contribution in [0.4, 0.5) is 0 Å². The van der Waals surface area contributed by atoms with Gasteiger partial charge in [-0.15, -0.1) is 0 Å². The average Bonchev–Trinajstić information content (AvgIpc) is 2.53. The van der Waals surface area contributed by atoms with Crippen molar-refractivity contribution in [2.75, 3.05) is 21.3 Å². The minimum Gasteiger partial charge on any atom is -0.493 e. The Hall–Kier alpha value is -2.49. The maximum absolute atomic E-state index is 11.6. The summed E-state index contributed by atoms with van der Waals surface area (Å²) in [7, 11) is 4.55. The van der Waals surface area contributed by atoms with Gasteiger partial charge in [0.05, 0.1) is 26.9 Å². The van der Waals surface area contributed by atoms with E-state index in [4.69, 9.17) is 14.2 Å². The van der Waals surface area contributed by atoms with Crippen LogP contribution in [0.25, 0.3) is 11.1 Å². The highest BCUT2D eigenvalue weighted by atomic mass is 16.5. The fraction of sp³-hybridized carbons (Fsp3) is 0.188. The summed E-state index contributed by atoms with van der Waals surface area (Å²) < 4.78 is 15.2. The largest absolute Gasteiger partial charge is 0.493 e. The van der Waals surface area contributed by atoms with Crippen molar-refractivity contribution in [2.45, 2.75) is 0 Å². The normalized spacial score (nSPS) is 9.95. The van der Waals surface area contributed by atoms with Crippen molar-refractivity contribution in [1.29, 1.82) is 0 Å². The molecule has 0 atom stereocenters.